The van der Waals surface area contributed by atoms with Gasteiger partial charge >= 0.3 is 0 Å². The smallest absolute Gasteiger partial charge is 0.255 e. The molecule has 0 aromatic heterocycles. The van der Waals surface area contributed by atoms with E-state index in [4.69, 9.17) is 4.74 Å². The second-order valence-corrected chi connectivity index (χ2v) is 4.87. The van der Waals surface area contributed by atoms with Crippen LogP contribution in [0.2, 0.25) is 0 Å². The molecule has 2 aromatic carbocycles. The summed E-state index contributed by atoms with van der Waals surface area (Å²) in [5.74, 6) is -1.62. The van der Waals surface area contributed by atoms with E-state index in [2.05, 4.69) is 5.32 Å². The van der Waals surface area contributed by atoms with Crippen molar-refractivity contribution in [3.63, 3.8) is 0 Å². The van der Waals surface area contributed by atoms with Gasteiger partial charge in [0, 0.05) is 5.56 Å². The highest BCUT2D eigenvalue weighted by Crippen LogP contribution is 2.30. The van der Waals surface area contributed by atoms with Gasteiger partial charge in [0.15, 0.2) is 11.6 Å². The number of aryl methyl sites for hydroxylation is 1. The van der Waals surface area contributed by atoms with E-state index in [1.807, 2.05) is 0 Å². The maximum absolute atomic E-state index is 14.1. The van der Waals surface area contributed by atoms with Crippen LogP contribution in [0.15, 0.2) is 30.3 Å². The van der Waals surface area contributed by atoms with Crippen molar-refractivity contribution in [1.29, 1.82) is 0 Å². The Morgan fingerprint density at radius 2 is 1.90 bits per heavy atom. The summed E-state index contributed by atoms with van der Waals surface area (Å²) < 4.78 is 33.2. The van der Waals surface area contributed by atoms with Crippen LogP contribution in [0.3, 0.4) is 0 Å². The molecule has 3 nitrogen and oxygen atoms in total. The van der Waals surface area contributed by atoms with Crippen molar-refractivity contribution in [2.45, 2.75) is 6.92 Å². The number of ether oxygens (including phenoxy) is 1. The molecule has 0 spiro atoms. The Morgan fingerprint density at radius 3 is 2.71 bits per heavy atom. The van der Waals surface area contributed by atoms with E-state index in [0.717, 1.165) is 0 Å². The quantitative estimate of drug-likeness (QED) is 0.876. The van der Waals surface area contributed by atoms with Crippen LogP contribution in [-0.2, 0) is 0 Å². The lowest BCUT2D eigenvalue weighted by molar-refractivity contribution is 0.0957. The third kappa shape index (κ3) is 2.35. The Hall–Kier alpha value is -2.43. The number of hydrogen-bond donors (Lipinski definition) is 1. The van der Waals surface area contributed by atoms with Crippen molar-refractivity contribution >= 4 is 5.91 Å². The zero-order valence-corrected chi connectivity index (χ0v) is 11.4. The zero-order valence-electron chi connectivity index (χ0n) is 11.4. The Kier molecular flexibility index (Phi) is 3.33. The van der Waals surface area contributed by atoms with Gasteiger partial charge in [0.25, 0.3) is 5.91 Å². The fraction of sp³-hybridized carbons (Fsp3) is 0.188. The van der Waals surface area contributed by atoms with Crippen molar-refractivity contribution in [3.8, 4) is 16.9 Å². The number of halogens is 2. The first-order valence-corrected chi connectivity index (χ1v) is 6.58. The molecule has 0 bridgehead atoms. The molecule has 1 N–H and O–H groups in total. The van der Waals surface area contributed by atoms with E-state index >= 15 is 0 Å². The van der Waals surface area contributed by atoms with Crippen LogP contribution in [-0.4, -0.2) is 19.1 Å². The molecule has 2 aromatic rings. The largest absolute Gasteiger partial charge is 0.491 e. The minimum absolute atomic E-state index is 0.123. The van der Waals surface area contributed by atoms with Crippen molar-refractivity contribution in [1.82, 2.24) is 5.32 Å². The number of rotatable bonds is 1. The van der Waals surface area contributed by atoms with Gasteiger partial charge in [0.1, 0.15) is 12.4 Å². The lowest BCUT2D eigenvalue weighted by Gasteiger charge is -2.10. The maximum Gasteiger partial charge on any atom is 0.255 e. The van der Waals surface area contributed by atoms with Gasteiger partial charge in [-0.1, -0.05) is 18.2 Å². The number of carbonyl (C=O) groups is 1. The molecular weight excluding hydrogens is 276 g/mol. The minimum atomic E-state index is -0.912. The molecular formula is C16H13F2NO2. The molecule has 5 heteroatoms. The standard InChI is InChI=1S/C16H13F2NO2/c1-9-2-4-11(15(18)14(9)17)10-3-5-13-12(8-10)16(20)19-6-7-21-13/h2-5,8H,6-7H2,1H3,(H,19,20). The topological polar surface area (TPSA) is 38.3 Å². The number of benzene rings is 2. The van der Waals surface area contributed by atoms with E-state index in [0.29, 0.717) is 30.0 Å². The summed E-state index contributed by atoms with van der Waals surface area (Å²) in [6, 6.07) is 7.75. The second kappa shape index (κ2) is 5.16. The first-order chi connectivity index (χ1) is 10.1. The molecule has 1 aliphatic heterocycles. The molecule has 0 unspecified atom stereocenters. The van der Waals surface area contributed by atoms with Crippen molar-refractivity contribution in [3.05, 3.63) is 53.1 Å². The van der Waals surface area contributed by atoms with Gasteiger partial charge in [-0.15, -0.1) is 0 Å². The summed E-state index contributed by atoms with van der Waals surface area (Å²) in [4.78, 5) is 11.9. The van der Waals surface area contributed by atoms with Crippen LogP contribution in [0.5, 0.6) is 5.75 Å². The van der Waals surface area contributed by atoms with Gasteiger partial charge in [-0.3, -0.25) is 4.79 Å². The van der Waals surface area contributed by atoms with E-state index in [-0.39, 0.29) is 17.0 Å². The summed E-state index contributed by atoms with van der Waals surface area (Å²) in [5.41, 5.74) is 1.13. The molecule has 108 valence electrons. The predicted molar refractivity (Wildman–Crippen MR) is 74.4 cm³/mol. The van der Waals surface area contributed by atoms with Crippen LogP contribution in [0, 0.1) is 18.6 Å². The zero-order chi connectivity index (χ0) is 15.0. The molecule has 1 heterocycles. The molecule has 3 rings (SSSR count). The molecule has 0 radical (unpaired) electrons. The van der Waals surface area contributed by atoms with E-state index in [1.54, 1.807) is 12.1 Å². The van der Waals surface area contributed by atoms with Crippen LogP contribution in [0.4, 0.5) is 8.78 Å². The second-order valence-electron chi connectivity index (χ2n) is 4.87. The van der Waals surface area contributed by atoms with E-state index < -0.39 is 11.6 Å². The monoisotopic (exact) mass is 289 g/mol. The molecule has 0 atom stereocenters. The first kappa shape index (κ1) is 13.5. The highest BCUT2D eigenvalue weighted by atomic mass is 19.2. The fourth-order valence-corrected chi connectivity index (χ4v) is 2.29. The summed E-state index contributed by atoms with van der Waals surface area (Å²) in [7, 11) is 0. The molecule has 1 aliphatic rings. The van der Waals surface area contributed by atoms with Crippen molar-refractivity contribution in [2.24, 2.45) is 0 Å². The highest BCUT2D eigenvalue weighted by molar-refractivity contribution is 5.98. The molecule has 0 saturated carbocycles. The molecule has 0 aliphatic carbocycles. The highest BCUT2D eigenvalue weighted by Gasteiger charge is 2.19. The normalized spacial score (nSPS) is 14.0. The van der Waals surface area contributed by atoms with Gasteiger partial charge < -0.3 is 10.1 Å². The van der Waals surface area contributed by atoms with Crippen molar-refractivity contribution < 1.29 is 18.3 Å². The molecule has 21 heavy (non-hydrogen) atoms. The van der Waals surface area contributed by atoms with Crippen molar-refractivity contribution in [2.75, 3.05) is 13.2 Å². The van der Waals surface area contributed by atoms with Crippen LogP contribution < -0.4 is 10.1 Å². The Balaban J connectivity index is 2.13. The molecule has 1 amide bonds. The predicted octanol–water partition coefficient (Wildman–Crippen LogP) is 3.06. The number of nitrogens with one attached hydrogen (secondary N) is 1. The average Bonchev–Trinajstić information content (AvgIpc) is 2.67. The maximum atomic E-state index is 14.1. The summed E-state index contributed by atoms with van der Waals surface area (Å²) in [6.45, 7) is 2.29. The van der Waals surface area contributed by atoms with Crippen LogP contribution >= 0.6 is 0 Å². The van der Waals surface area contributed by atoms with E-state index in [1.165, 1.54) is 25.1 Å². The SMILES string of the molecule is Cc1ccc(-c2ccc3c(c2)C(=O)NCCO3)c(F)c1F. The molecule has 0 saturated heterocycles. The number of carbonyl (C=O) groups excluding carboxylic acids is 1. The Morgan fingerprint density at radius 1 is 1.10 bits per heavy atom. The third-order valence-electron chi connectivity index (χ3n) is 3.46. The van der Waals surface area contributed by atoms with Gasteiger partial charge in [-0.05, 0) is 30.2 Å². The lowest BCUT2D eigenvalue weighted by Crippen LogP contribution is -2.24. The van der Waals surface area contributed by atoms with Gasteiger partial charge in [-0.2, -0.15) is 0 Å². The van der Waals surface area contributed by atoms with Gasteiger partial charge in [0.05, 0.1) is 12.1 Å². The summed E-state index contributed by atoms with van der Waals surface area (Å²) in [5, 5.41) is 2.68. The summed E-state index contributed by atoms with van der Waals surface area (Å²) >= 11 is 0. The minimum Gasteiger partial charge on any atom is -0.491 e. The number of amides is 1. The van der Waals surface area contributed by atoms with Crippen LogP contribution in [0.25, 0.3) is 11.1 Å². The van der Waals surface area contributed by atoms with Crippen LogP contribution in [0.1, 0.15) is 15.9 Å². The first-order valence-electron chi connectivity index (χ1n) is 6.58. The number of fused-ring (bicyclic) bond motifs is 1. The third-order valence-corrected chi connectivity index (χ3v) is 3.46. The Labute approximate surface area is 120 Å². The Bertz CT molecular complexity index is 728. The average molecular weight is 289 g/mol. The fourth-order valence-electron chi connectivity index (χ4n) is 2.29. The van der Waals surface area contributed by atoms with E-state index in [9.17, 15) is 13.6 Å². The van der Waals surface area contributed by atoms with Gasteiger partial charge in [-0.25, -0.2) is 8.78 Å². The lowest BCUT2D eigenvalue weighted by atomic mass is 10.00. The van der Waals surface area contributed by atoms with Gasteiger partial charge in [0.2, 0.25) is 0 Å². The number of hydrogen-bond acceptors (Lipinski definition) is 2. The molecule has 0 fully saturated rings. The summed E-state index contributed by atoms with van der Waals surface area (Å²) in [6.07, 6.45) is 0.